The average Bonchev–Trinajstić information content (AvgIpc) is 2.95. The van der Waals surface area contributed by atoms with Crippen LogP contribution in [-0.2, 0) is 13.1 Å². The SMILES string of the molecule is CC(C)C1CCCN1Cc1ccoc1CNC(C)(C)C. The van der Waals surface area contributed by atoms with Crippen molar-refractivity contribution in [2.24, 2.45) is 5.92 Å². The van der Waals surface area contributed by atoms with Crippen molar-refractivity contribution in [3.63, 3.8) is 0 Å². The van der Waals surface area contributed by atoms with E-state index in [-0.39, 0.29) is 5.54 Å². The van der Waals surface area contributed by atoms with Gasteiger partial charge >= 0.3 is 0 Å². The Morgan fingerprint density at radius 1 is 1.40 bits per heavy atom. The zero-order chi connectivity index (χ0) is 14.8. The smallest absolute Gasteiger partial charge is 0.122 e. The molecule has 3 heteroatoms. The van der Waals surface area contributed by atoms with Gasteiger partial charge in [-0.25, -0.2) is 0 Å². The summed E-state index contributed by atoms with van der Waals surface area (Å²) < 4.78 is 5.68. The number of hydrogen-bond donors (Lipinski definition) is 1. The summed E-state index contributed by atoms with van der Waals surface area (Å²) in [6, 6.07) is 2.86. The predicted octanol–water partition coefficient (Wildman–Crippen LogP) is 3.79. The van der Waals surface area contributed by atoms with E-state index in [2.05, 4.69) is 50.9 Å². The maximum absolute atomic E-state index is 5.68. The minimum atomic E-state index is 0.123. The van der Waals surface area contributed by atoms with Crippen LogP contribution in [0, 0.1) is 5.92 Å². The van der Waals surface area contributed by atoms with E-state index in [0.717, 1.165) is 30.8 Å². The van der Waals surface area contributed by atoms with Crippen LogP contribution in [0.25, 0.3) is 0 Å². The fourth-order valence-corrected chi connectivity index (χ4v) is 3.03. The Balaban J connectivity index is 1.98. The lowest BCUT2D eigenvalue weighted by Crippen LogP contribution is -2.36. The van der Waals surface area contributed by atoms with Gasteiger partial charge in [0.1, 0.15) is 5.76 Å². The van der Waals surface area contributed by atoms with Crippen LogP contribution in [0.4, 0.5) is 0 Å². The maximum Gasteiger partial charge on any atom is 0.122 e. The lowest BCUT2D eigenvalue weighted by molar-refractivity contribution is 0.197. The molecule has 1 unspecified atom stereocenters. The molecule has 1 fully saturated rings. The molecule has 1 aliphatic heterocycles. The molecule has 0 saturated carbocycles. The Hall–Kier alpha value is -0.800. The van der Waals surface area contributed by atoms with Crippen molar-refractivity contribution in [3.8, 4) is 0 Å². The molecule has 1 aliphatic rings. The van der Waals surface area contributed by atoms with E-state index in [4.69, 9.17) is 4.42 Å². The maximum atomic E-state index is 5.68. The van der Waals surface area contributed by atoms with Crippen molar-refractivity contribution >= 4 is 0 Å². The second-order valence-corrected chi connectivity index (χ2v) is 7.40. The van der Waals surface area contributed by atoms with Crippen molar-refractivity contribution in [3.05, 3.63) is 23.7 Å². The fraction of sp³-hybridized carbons (Fsp3) is 0.765. The van der Waals surface area contributed by atoms with Gasteiger partial charge in [-0.1, -0.05) is 13.8 Å². The van der Waals surface area contributed by atoms with Crippen LogP contribution in [0.1, 0.15) is 58.8 Å². The highest BCUT2D eigenvalue weighted by atomic mass is 16.3. The molecular formula is C17H30N2O. The number of nitrogens with zero attached hydrogens (tertiary/aromatic N) is 1. The molecule has 3 nitrogen and oxygen atoms in total. The summed E-state index contributed by atoms with van der Waals surface area (Å²) in [6.45, 7) is 14.3. The quantitative estimate of drug-likeness (QED) is 0.888. The van der Waals surface area contributed by atoms with Crippen LogP contribution in [0.15, 0.2) is 16.7 Å². The first-order chi connectivity index (χ1) is 9.37. The average molecular weight is 278 g/mol. The minimum absolute atomic E-state index is 0.123. The topological polar surface area (TPSA) is 28.4 Å². The molecule has 2 heterocycles. The van der Waals surface area contributed by atoms with Crippen molar-refractivity contribution in [2.75, 3.05) is 6.54 Å². The molecule has 1 aromatic heterocycles. The van der Waals surface area contributed by atoms with E-state index in [1.807, 2.05) is 6.26 Å². The minimum Gasteiger partial charge on any atom is -0.468 e. The van der Waals surface area contributed by atoms with E-state index in [1.165, 1.54) is 24.9 Å². The Morgan fingerprint density at radius 3 is 2.80 bits per heavy atom. The van der Waals surface area contributed by atoms with E-state index in [0.29, 0.717) is 0 Å². The molecule has 0 spiro atoms. The van der Waals surface area contributed by atoms with Gasteiger partial charge in [0.05, 0.1) is 12.8 Å². The van der Waals surface area contributed by atoms with Gasteiger partial charge in [-0.2, -0.15) is 0 Å². The molecule has 2 rings (SSSR count). The zero-order valence-electron chi connectivity index (χ0n) is 13.7. The summed E-state index contributed by atoms with van der Waals surface area (Å²) >= 11 is 0. The second-order valence-electron chi connectivity index (χ2n) is 7.40. The Kier molecular flexibility index (Phi) is 4.92. The van der Waals surface area contributed by atoms with Gasteiger partial charge in [0.2, 0.25) is 0 Å². The first kappa shape index (κ1) is 15.6. The number of nitrogens with one attached hydrogen (secondary N) is 1. The highest BCUT2D eigenvalue weighted by molar-refractivity contribution is 5.17. The third-order valence-electron chi connectivity index (χ3n) is 4.17. The van der Waals surface area contributed by atoms with Crippen molar-refractivity contribution < 1.29 is 4.42 Å². The van der Waals surface area contributed by atoms with Crippen molar-refractivity contribution in [1.82, 2.24) is 10.2 Å². The summed E-state index contributed by atoms with van der Waals surface area (Å²) in [5.74, 6) is 1.83. The lowest BCUT2D eigenvalue weighted by Gasteiger charge is -2.27. The van der Waals surface area contributed by atoms with Gasteiger partial charge in [-0.3, -0.25) is 4.90 Å². The number of hydrogen-bond acceptors (Lipinski definition) is 3. The van der Waals surface area contributed by atoms with Crippen molar-refractivity contribution in [1.29, 1.82) is 0 Å². The second kappa shape index (κ2) is 6.31. The Bertz CT molecular complexity index is 417. The van der Waals surface area contributed by atoms with Crippen LogP contribution in [0.5, 0.6) is 0 Å². The Morgan fingerprint density at radius 2 is 2.15 bits per heavy atom. The predicted molar refractivity (Wildman–Crippen MR) is 83.6 cm³/mol. The third-order valence-corrected chi connectivity index (χ3v) is 4.17. The molecule has 114 valence electrons. The van der Waals surface area contributed by atoms with Gasteiger partial charge in [-0.15, -0.1) is 0 Å². The van der Waals surface area contributed by atoms with Gasteiger partial charge in [-0.05, 0) is 52.1 Å². The summed E-state index contributed by atoms with van der Waals surface area (Å²) in [5, 5.41) is 3.51. The van der Waals surface area contributed by atoms with Gasteiger partial charge < -0.3 is 9.73 Å². The number of rotatable bonds is 5. The van der Waals surface area contributed by atoms with Crippen LogP contribution in [-0.4, -0.2) is 23.0 Å². The molecule has 1 aromatic rings. The summed E-state index contributed by atoms with van der Waals surface area (Å²) in [6.07, 6.45) is 4.50. The third kappa shape index (κ3) is 4.10. The standard InChI is InChI=1S/C17H30N2O/c1-13(2)15-7-6-9-19(15)12-14-8-10-20-16(14)11-18-17(3,4)5/h8,10,13,15,18H,6-7,9,11-12H2,1-5H3. The normalized spacial score (nSPS) is 21.0. The van der Waals surface area contributed by atoms with Crippen LogP contribution in [0.3, 0.4) is 0 Å². The molecule has 0 amide bonds. The van der Waals surface area contributed by atoms with Crippen LogP contribution >= 0.6 is 0 Å². The molecule has 20 heavy (non-hydrogen) atoms. The zero-order valence-corrected chi connectivity index (χ0v) is 13.7. The molecule has 1 atom stereocenters. The molecule has 0 bridgehead atoms. The van der Waals surface area contributed by atoms with Crippen LogP contribution < -0.4 is 5.32 Å². The monoisotopic (exact) mass is 278 g/mol. The highest BCUT2D eigenvalue weighted by Gasteiger charge is 2.27. The van der Waals surface area contributed by atoms with Crippen molar-refractivity contribution in [2.45, 2.75) is 72.1 Å². The van der Waals surface area contributed by atoms with Gasteiger partial charge in [0.25, 0.3) is 0 Å². The van der Waals surface area contributed by atoms with E-state index < -0.39 is 0 Å². The van der Waals surface area contributed by atoms with E-state index in [1.54, 1.807) is 0 Å². The fourth-order valence-electron chi connectivity index (χ4n) is 3.03. The Labute approximate surface area is 123 Å². The summed E-state index contributed by atoms with van der Waals surface area (Å²) in [7, 11) is 0. The van der Waals surface area contributed by atoms with Gasteiger partial charge in [0, 0.05) is 23.7 Å². The van der Waals surface area contributed by atoms with Crippen LogP contribution in [0.2, 0.25) is 0 Å². The molecule has 1 N–H and O–H groups in total. The molecule has 0 aliphatic carbocycles. The summed E-state index contributed by atoms with van der Waals surface area (Å²) in [5.41, 5.74) is 1.47. The lowest BCUT2D eigenvalue weighted by atomic mass is 10.0. The largest absolute Gasteiger partial charge is 0.468 e. The number of furan rings is 1. The summed E-state index contributed by atoms with van der Waals surface area (Å²) in [4.78, 5) is 2.62. The van der Waals surface area contributed by atoms with E-state index >= 15 is 0 Å². The molecule has 1 saturated heterocycles. The van der Waals surface area contributed by atoms with E-state index in [9.17, 15) is 0 Å². The highest BCUT2D eigenvalue weighted by Crippen LogP contribution is 2.26. The molecule has 0 aromatic carbocycles. The molecule has 0 radical (unpaired) electrons. The number of likely N-dealkylation sites (tertiary alicyclic amines) is 1. The van der Waals surface area contributed by atoms with Gasteiger partial charge in [0.15, 0.2) is 0 Å². The molecular weight excluding hydrogens is 248 g/mol. The first-order valence-corrected chi connectivity index (χ1v) is 7.91. The first-order valence-electron chi connectivity index (χ1n) is 7.91.